The third kappa shape index (κ3) is 3.42. The van der Waals surface area contributed by atoms with Crippen molar-refractivity contribution in [2.75, 3.05) is 20.2 Å². The monoisotopic (exact) mass is 393 g/mol. The van der Waals surface area contributed by atoms with Crippen molar-refractivity contribution in [2.24, 2.45) is 17.8 Å². The van der Waals surface area contributed by atoms with E-state index in [0.29, 0.717) is 11.8 Å². The first-order valence-electron chi connectivity index (χ1n) is 10.8. The van der Waals surface area contributed by atoms with Crippen LogP contribution in [0.25, 0.3) is 10.9 Å². The summed E-state index contributed by atoms with van der Waals surface area (Å²) in [7, 11) is 1.67. The van der Waals surface area contributed by atoms with E-state index in [0.717, 1.165) is 54.6 Å². The molecule has 1 saturated carbocycles. The van der Waals surface area contributed by atoms with Crippen molar-refractivity contribution in [3.05, 3.63) is 48.7 Å². The minimum absolute atomic E-state index is 0.0369. The quantitative estimate of drug-likeness (QED) is 0.606. The SMILES string of the molecule is C=C[C@H]1C[NH+]2CC[C@H]1C[C@H]2[C@H](OC(=O)C1CC1)c1ccnc2ccc(OC)cc12. The van der Waals surface area contributed by atoms with E-state index in [1.165, 1.54) is 6.42 Å². The normalized spacial score (nSPS) is 29.4. The zero-order chi connectivity index (χ0) is 20.0. The Kier molecular flexibility index (Phi) is 4.78. The molecule has 0 radical (unpaired) electrons. The van der Waals surface area contributed by atoms with E-state index in [1.807, 2.05) is 30.5 Å². The average Bonchev–Trinajstić information content (AvgIpc) is 3.62. The van der Waals surface area contributed by atoms with Crippen LogP contribution in [-0.2, 0) is 9.53 Å². The zero-order valence-corrected chi connectivity index (χ0v) is 17.0. The summed E-state index contributed by atoms with van der Waals surface area (Å²) in [6.45, 7) is 6.28. The standard InChI is InChI=1S/C24H28N2O3/c1-3-15-14-26-11-9-17(15)12-22(26)23(29-24(27)16-4-5-16)19-8-10-25-21-7-6-18(28-2)13-20(19)21/h3,6-8,10,13,15-17,22-23H,1,4-5,9,11-12,14H2,2H3/p+1/t15-,17-,22-,23+/m0/s1. The summed E-state index contributed by atoms with van der Waals surface area (Å²) < 4.78 is 11.7. The van der Waals surface area contributed by atoms with E-state index in [9.17, 15) is 4.79 Å². The van der Waals surface area contributed by atoms with E-state index in [-0.39, 0.29) is 24.0 Å². The van der Waals surface area contributed by atoms with Crippen LogP contribution in [0, 0.1) is 17.8 Å². The van der Waals surface area contributed by atoms with Crippen molar-refractivity contribution in [1.82, 2.24) is 4.98 Å². The number of methoxy groups -OCH3 is 1. The lowest BCUT2D eigenvalue weighted by Crippen LogP contribution is -3.20. The van der Waals surface area contributed by atoms with Gasteiger partial charge in [0.25, 0.3) is 0 Å². The highest BCUT2D eigenvalue weighted by Crippen LogP contribution is 2.39. The molecule has 2 aromatic rings. The van der Waals surface area contributed by atoms with E-state index in [1.54, 1.807) is 12.0 Å². The van der Waals surface area contributed by atoms with Crippen LogP contribution in [0.3, 0.4) is 0 Å². The summed E-state index contributed by atoms with van der Waals surface area (Å²) in [4.78, 5) is 18.8. The molecular formula is C24H29N2O3+. The van der Waals surface area contributed by atoms with Crippen LogP contribution in [-0.4, -0.2) is 37.2 Å². The van der Waals surface area contributed by atoms with Gasteiger partial charge in [-0.25, -0.2) is 0 Å². The lowest BCUT2D eigenvalue weighted by atomic mass is 9.73. The number of quaternary nitrogens is 1. The molecule has 4 fully saturated rings. The number of aromatic nitrogens is 1. The van der Waals surface area contributed by atoms with Crippen molar-refractivity contribution < 1.29 is 19.2 Å². The second kappa shape index (κ2) is 7.45. The molecule has 0 spiro atoms. The highest BCUT2D eigenvalue weighted by atomic mass is 16.5. The van der Waals surface area contributed by atoms with Crippen LogP contribution >= 0.6 is 0 Å². The summed E-state index contributed by atoms with van der Waals surface area (Å²) in [5, 5.41) is 1.02. The second-order valence-electron chi connectivity index (χ2n) is 8.82. The number of esters is 1. The maximum atomic E-state index is 12.7. The summed E-state index contributed by atoms with van der Waals surface area (Å²) in [5.41, 5.74) is 1.97. The smallest absolute Gasteiger partial charge is 0.309 e. The number of piperidine rings is 3. The first-order chi connectivity index (χ1) is 14.2. The first kappa shape index (κ1) is 18.6. The van der Waals surface area contributed by atoms with Gasteiger partial charge in [-0.3, -0.25) is 9.78 Å². The molecule has 3 saturated heterocycles. The molecule has 1 aliphatic carbocycles. The number of rotatable bonds is 6. The number of benzene rings is 1. The lowest BCUT2D eigenvalue weighted by Gasteiger charge is -2.48. The van der Waals surface area contributed by atoms with Gasteiger partial charge in [-0.1, -0.05) is 6.08 Å². The number of carbonyl (C=O) groups excluding carboxylic acids is 1. The Morgan fingerprint density at radius 3 is 2.86 bits per heavy atom. The van der Waals surface area contributed by atoms with Gasteiger partial charge < -0.3 is 14.4 Å². The Labute approximate surface area is 171 Å². The lowest BCUT2D eigenvalue weighted by molar-refractivity contribution is -0.949. The largest absolute Gasteiger partial charge is 0.497 e. The van der Waals surface area contributed by atoms with Gasteiger partial charge in [0.1, 0.15) is 11.8 Å². The highest BCUT2D eigenvalue weighted by molar-refractivity contribution is 5.84. The maximum Gasteiger partial charge on any atom is 0.309 e. The molecule has 1 aromatic heterocycles. The Morgan fingerprint density at radius 1 is 1.31 bits per heavy atom. The molecule has 5 atom stereocenters. The first-order valence-corrected chi connectivity index (χ1v) is 10.8. The summed E-state index contributed by atoms with van der Waals surface area (Å²) in [6.07, 6.45) is 7.93. The van der Waals surface area contributed by atoms with Crippen LogP contribution < -0.4 is 9.64 Å². The highest BCUT2D eigenvalue weighted by Gasteiger charge is 2.48. The molecular weight excluding hydrogens is 364 g/mol. The van der Waals surface area contributed by atoms with Gasteiger partial charge in [-0.05, 0) is 43.0 Å². The van der Waals surface area contributed by atoms with Gasteiger partial charge in [0.15, 0.2) is 6.10 Å². The van der Waals surface area contributed by atoms with Gasteiger partial charge in [0, 0.05) is 35.9 Å². The number of pyridine rings is 1. The molecule has 5 heteroatoms. The second-order valence-corrected chi connectivity index (χ2v) is 8.82. The summed E-state index contributed by atoms with van der Waals surface area (Å²) >= 11 is 0. The molecule has 4 aliphatic rings. The Bertz CT molecular complexity index is 939. The fourth-order valence-electron chi connectivity index (χ4n) is 5.32. The maximum absolute atomic E-state index is 12.7. The molecule has 1 aromatic carbocycles. The molecule has 1 unspecified atom stereocenters. The Morgan fingerprint density at radius 2 is 2.17 bits per heavy atom. The predicted molar refractivity (Wildman–Crippen MR) is 111 cm³/mol. The van der Waals surface area contributed by atoms with Crippen molar-refractivity contribution in [3.8, 4) is 5.75 Å². The molecule has 0 amide bonds. The Balaban J connectivity index is 1.55. The van der Waals surface area contributed by atoms with Gasteiger partial charge in [-0.15, -0.1) is 6.58 Å². The average molecular weight is 394 g/mol. The van der Waals surface area contributed by atoms with Crippen molar-refractivity contribution in [2.45, 2.75) is 37.8 Å². The molecule has 152 valence electrons. The number of nitrogens with zero attached hydrogens (tertiary/aromatic N) is 1. The number of hydrogen-bond acceptors (Lipinski definition) is 4. The summed E-state index contributed by atoms with van der Waals surface area (Å²) in [6, 6.07) is 8.24. The minimum atomic E-state index is -0.246. The number of fused-ring (bicyclic) bond motifs is 4. The van der Waals surface area contributed by atoms with E-state index in [4.69, 9.17) is 9.47 Å². The van der Waals surface area contributed by atoms with Crippen LogP contribution in [0.2, 0.25) is 0 Å². The molecule has 3 aliphatic heterocycles. The van der Waals surface area contributed by atoms with Gasteiger partial charge in [0.2, 0.25) is 0 Å². The van der Waals surface area contributed by atoms with Crippen LogP contribution in [0.4, 0.5) is 0 Å². The predicted octanol–water partition coefficient (Wildman–Crippen LogP) is 2.72. The van der Waals surface area contributed by atoms with Crippen LogP contribution in [0.1, 0.15) is 37.4 Å². The van der Waals surface area contributed by atoms with Gasteiger partial charge >= 0.3 is 5.97 Å². The molecule has 1 N–H and O–H groups in total. The number of nitrogens with one attached hydrogen (secondary N) is 1. The third-order valence-electron chi connectivity index (χ3n) is 7.13. The van der Waals surface area contributed by atoms with Crippen molar-refractivity contribution in [1.29, 1.82) is 0 Å². The molecule has 29 heavy (non-hydrogen) atoms. The van der Waals surface area contributed by atoms with Crippen molar-refractivity contribution >= 4 is 16.9 Å². The van der Waals surface area contributed by atoms with Crippen LogP contribution in [0.5, 0.6) is 5.75 Å². The van der Waals surface area contributed by atoms with Crippen LogP contribution in [0.15, 0.2) is 43.1 Å². The van der Waals surface area contributed by atoms with Gasteiger partial charge in [-0.2, -0.15) is 0 Å². The topological polar surface area (TPSA) is 52.9 Å². The fraction of sp³-hybridized carbons (Fsp3) is 0.500. The Hall–Kier alpha value is -2.40. The molecule has 6 rings (SSSR count). The molecule has 2 bridgehead atoms. The van der Waals surface area contributed by atoms with E-state index < -0.39 is 0 Å². The zero-order valence-electron chi connectivity index (χ0n) is 17.0. The number of carbonyl (C=O) groups is 1. The van der Waals surface area contributed by atoms with E-state index >= 15 is 0 Å². The number of hydrogen-bond donors (Lipinski definition) is 1. The van der Waals surface area contributed by atoms with E-state index in [2.05, 4.69) is 17.6 Å². The fourth-order valence-corrected chi connectivity index (χ4v) is 5.32. The molecule has 5 nitrogen and oxygen atoms in total. The van der Waals surface area contributed by atoms with Gasteiger partial charge in [0.05, 0.1) is 31.6 Å². The summed E-state index contributed by atoms with van der Waals surface area (Å²) in [5.74, 6) is 2.06. The molecule has 4 heterocycles. The number of ether oxygens (including phenoxy) is 2. The third-order valence-corrected chi connectivity index (χ3v) is 7.13. The minimum Gasteiger partial charge on any atom is -0.497 e. The van der Waals surface area contributed by atoms with Crippen molar-refractivity contribution in [3.63, 3.8) is 0 Å².